The fourth-order valence-corrected chi connectivity index (χ4v) is 2.90. The van der Waals surface area contributed by atoms with Crippen LogP contribution in [0.3, 0.4) is 0 Å². The first kappa shape index (κ1) is 14.6. The number of rotatable bonds is 7. The smallest absolute Gasteiger partial charge is 0.0322 e. The Morgan fingerprint density at radius 2 is 1.84 bits per heavy atom. The molecule has 0 aliphatic heterocycles. The number of hydrogen-bond donors (Lipinski definition) is 1. The van der Waals surface area contributed by atoms with Crippen molar-refractivity contribution in [2.75, 3.05) is 0 Å². The van der Waals surface area contributed by atoms with E-state index in [2.05, 4.69) is 50.4 Å². The molecule has 0 saturated heterocycles. The van der Waals surface area contributed by atoms with E-state index in [1.165, 1.54) is 44.1 Å². The molecule has 106 valence electrons. The van der Waals surface area contributed by atoms with Crippen molar-refractivity contribution >= 4 is 0 Å². The molecular weight excluding hydrogens is 230 g/mol. The minimum atomic E-state index is 0.524. The van der Waals surface area contributed by atoms with Gasteiger partial charge in [-0.15, -0.1) is 0 Å². The van der Waals surface area contributed by atoms with E-state index in [0.29, 0.717) is 12.1 Å². The number of hydrogen-bond acceptors (Lipinski definition) is 1. The van der Waals surface area contributed by atoms with Crippen LogP contribution < -0.4 is 5.32 Å². The van der Waals surface area contributed by atoms with Crippen LogP contribution in [0, 0.1) is 0 Å². The molecule has 1 saturated carbocycles. The Hall–Kier alpha value is -0.820. The van der Waals surface area contributed by atoms with E-state index < -0.39 is 0 Å². The first-order valence-electron chi connectivity index (χ1n) is 8.06. The molecule has 19 heavy (non-hydrogen) atoms. The lowest BCUT2D eigenvalue weighted by Gasteiger charge is -2.27. The summed E-state index contributed by atoms with van der Waals surface area (Å²) < 4.78 is 0. The summed E-state index contributed by atoms with van der Waals surface area (Å²) in [5.41, 5.74) is 3.01. The Bertz CT molecular complexity index is 362. The largest absolute Gasteiger partial charge is 0.308 e. The summed E-state index contributed by atoms with van der Waals surface area (Å²) in [6, 6.07) is 10.5. The third-order valence-corrected chi connectivity index (χ3v) is 4.30. The Balaban J connectivity index is 2.02. The quantitative estimate of drug-likeness (QED) is 0.711. The summed E-state index contributed by atoms with van der Waals surface area (Å²) in [6.07, 6.45) is 8.02. The summed E-state index contributed by atoms with van der Waals surface area (Å²) >= 11 is 0. The third-order valence-electron chi connectivity index (χ3n) is 4.30. The van der Waals surface area contributed by atoms with Gasteiger partial charge in [0.25, 0.3) is 0 Å². The van der Waals surface area contributed by atoms with Crippen molar-refractivity contribution in [3.63, 3.8) is 0 Å². The first-order chi connectivity index (χ1) is 9.20. The van der Waals surface area contributed by atoms with Crippen LogP contribution in [-0.4, -0.2) is 6.04 Å². The molecule has 1 N–H and O–H groups in total. The Labute approximate surface area is 118 Å². The lowest BCUT2D eigenvalue weighted by atomic mass is 9.79. The van der Waals surface area contributed by atoms with Gasteiger partial charge in [-0.1, -0.05) is 64.3 Å². The lowest BCUT2D eigenvalue weighted by Crippen LogP contribution is -2.28. The SMILES string of the molecule is CCCCC(NC(C)C)c1ccc(C2CCC2)cc1. The van der Waals surface area contributed by atoms with E-state index in [4.69, 9.17) is 0 Å². The van der Waals surface area contributed by atoms with Gasteiger partial charge in [-0.3, -0.25) is 0 Å². The molecule has 1 nitrogen and oxygen atoms in total. The van der Waals surface area contributed by atoms with Crippen LogP contribution in [0.4, 0.5) is 0 Å². The molecule has 0 aromatic heterocycles. The molecule has 0 spiro atoms. The highest BCUT2D eigenvalue weighted by molar-refractivity contribution is 5.28. The van der Waals surface area contributed by atoms with Gasteiger partial charge in [-0.25, -0.2) is 0 Å². The maximum absolute atomic E-state index is 3.71. The summed E-state index contributed by atoms with van der Waals surface area (Å²) in [5, 5.41) is 3.71. The molecule has 0 heterocycles. The third kappa shape index (κ3) is 4.07. The maximum atomic E-state index is 3.71. The van der Waals surface area contributed by atoms with Gasteiger partial charge in [0, 0.05) is 12.1 Å². The van der Waals surface area contributed by atoms with Crippen molar-refractivity contribution in [1.82, 2.24) is 5.32 Å². The molecule has 1 aliphatic rings. The van der Waals surface area contributed by atoms with Gasteiger partial charge in [0.05, 0.1) is 0 Å². The zero-order chi connectivity index (χ0) is 13.7. The minimum absolute atomic E-state index is 0.524. The van der Waals surface area contributed by atoms with Crippen LogP contribution in [0.1, 0.15) is 82.4 Å². The minimum Gasteiger partial charge on any atom is -0.308 e. The van der Waals surface area contributed by atoms with Crippen molar-refractivity contribution in [3.05, 3.63) is 35.4 Å². The molecule has 0 bridgehead atoms. The Morgan fingerprint density at radius 1 is 1.16 bits per heavy atom. The highest BCUT2D eigenvalue weighted by Gasteiger charge is 2.19. The first-order valence-corrected chi connectivity index (χ1v) is 8.06. The van der Waals surface area contributed by atoms with Crippen LogP contribution in [-0.2, 0) is 0 Å². The van der Waals surface area contributed by atoms with Crippen LogP contribution in [0.5, 0.6) is 0 Å². The molecule has 1 aromatic carbocycles. The van der Waals surface area contributed by atoms with Gasteiger partial charge in [0.1, 0.15) is 0 Å². The molecule has 2 rings (SSSR count). The number of nitrogens with one attached hydrogen (secondary N) is 1. The molecule has 1 aliphatic carbocycles. The second kappa shape index (κ2) is 7.09. The molecule has 1 atom stereocenters. The summed E-state index contributed by atoms with van der Waals surface area (Å²) in [4.78, 5) is 0. The van der Waals surface area contributed by atoms with E-state index in [9.17, 15) is 0 Å². The Kier molecular flexibility index (Phi) is 5.45. The van der Waals surface area contributed by atoms with Gasteiger partial charge in [-0.05, 0) is 36.3 Å². The van der Waals surface area contributed by atoms with E-state index >= 15 is 0 Å². The van der Waals surface area contributed by atoms with Gasteiger partial charge in [0.2, 0.25) is 0 Å². The van der Waals surface area contributed by atoms with Crippen molar-refractivity contribution in [2.24, 2.45) is 0 Å². The summed E-state index contributed by atoms with van der Waals surface area (Å²) in [5.74, 6) is 0.848. The molecule has 1 heteroatoms. The predicted molar refractivity (Wildman–Crippen MR) is 83.6 cm³/mol. The fourth-order valence-electron chi connectivity index (χ4n) is 2.90. The van der Waals surface area contributed by atoms with Crippen LogP contribution in [0.2, 0.25) is 0 Å². The fraction of sp³-hybridized carbons (Fsp3) is 0.667. The zero-order valence-electron chi connectivity index (χ0n) is 12.8. The normalized spacial score (nSPS) is 17.5. The molecule has 1 aromatic rings. The van der Waals surface area contributed by atoms with Gasteiger partial charge in [0.15, 0.2) is 0 Å². The molecule has 1 unspecified atom stereocenters. The monoisotopic (exact) mass is 259 g/mol. The lowest BCUT2D eigenvalue weighted by molar-refractivity contribution is 0.418. The van der Waals surface area contributed by atoms with Crippen molar-refractivity contribution in [3.8, 4) is 0 Å². The van der Waals surface area contributed by atoms with Crippen molar-refractivity contribution in [1.29, 1.82) is 0 Å². The Morgan fingerprint density at radius 3 is 2.32 bits per heavy atom. The second-order valence-electron chi connectivity index (χ2n) is 6.31. The van der Waals surface area contributed by atoms with E-state index in [-0.39, 0.29) is 0 Å². The van der Waals surface area contributed by atoms with E-state index in [0.717, 1.165) is 5.92 Å². The summed E-state index contributed by atoms with van der Waals surface area (Å²) in [7, 11) is 0. The topological polar surface area (TPSA) is 12.0 Å². The predicted octanol–water partition coefficient (Wildman–Crippen LogP) is 5.18. The van der Waals surface area contributed by atoms with Crippen molar-refractivity contribution < 1.29 is 0 Å². The van der Waals surface area contributed by atoms with Gasteiger partial charge < -0.3 is 5.32 Å². The maximum Gasteiger partial charge on any atom is 0.0322 e. The highest BCUT2D eigenvalue weighted by Crippen LogP contribution is 2.36. The van der Waals surface area contributed by atoms with E-state index in [1.54, 1.807) is 5.56 Å². The molecule has 1 fully saturated rings. The summed E-state index contributed by atoms with van der Waals surface area (Å²) in [6.45, 7) is 6.75. The second-order valence-corrected chi connectivity index (χ2v) is 6.31. The average Bonchev–Trinajstić information content (AvgIpc) is 2.33. The van der Waals surface area contributed by atoms with Gasteiger partial charge >= 0.3 is 0 Å². The number of benzene rings is 1. The van der Waals surface area contributed by atoms with E-state index in [1.807, 2.05) is 0 Å². The van der Waals surface area contributed by atoms with Crippen LogP contribution in [0.15, 0.2) is 24.3 Å². The molecule has 0 amide bonds. The highest BCUT2D eigenvalue weighted by atomic mass is 14.9. The molecular formula is C18H29N. The average molecular weight is 259 g/mol. The standard InChI is InChI=1S/C18H29N/c1-4-5-9-18(19-14(2)3)17-12-10-16(11-13-17)15-7-6-8-15/h10-15,18-19H,4-9H2,1-3H3. The zero-order valence-corrected chi connectivity index (χ0v) is 12.8. The van der Waals surface area contributed by atoms with Gasteiger partial charge in [-0.2, -0.15) is 0 Å². The van der Waals surface area contributed by atoms with Crippen molar-refractivity contribution in [2.45, 2.75) is 77.3 Å². The van der Waals surface area contributed by atoms with Crippen LogP contribution in [0.25, 0.3) is 0 Å². The molecule has 0 radical (unpaired) electrons. The van der Waals surface area contributed by atoms with Crippen LogP contribution >= 0.6 is 0 Å². The number of unbranched alkanes of at least 4 members (excludes halogenated alkanes) is 1.